The second-order valence-corrected chi connectivity index (χ2v) is 5.57. The van der Waals surface area contributed by atoms with Crippen LogP contribution in [0.3, 0.4) is 0 Å². The van der Waals surface area contributed by atoms with Crippen LogP contribution in [0.1, 0.15) is 34.0 Å². The first-order valence-electron chi connectivity index (χ1n) is 7.49. The van der Waals surface area contributed by atoms with Gasteiger partial charge in [0.1, 0.15) is 11.5 Å². The summed E-state index contributed by atoms with van der Waals surface area (Å²) in [7, 11) is 1.46. The molecule has 1 aliphatic rings. The van der Waals surface area contributed by atoms with Crippen LogP contribution in [-0.4, -0.2) is 27.2 Å². The number of pyridine rings is 1. The maximum absolute atomic E-state index is 11.5. The smallest absolute Gasteiger partial charge is 0.275 e. The lowest BCUT2D eigenvalue weighted by Gasteiger charge is -2.29. The molecule has 2 aromatic rings. The lowest BCUT2D eigenvalue weighted by molar-refractivity contribution is -0.386. The number of nitro groups is 1. The number of hydrogen-bond acceptors (Lipinski definition) is 8. The van der Waals surface area contributed by atoms with E-state index >= 15 is 0 Å². The Kier molecular flexibility index (Phi) is 5.98. The van der Waals surface area contributed by atoms with Crippen LogP contribution in [0.5, 0.6) is 11.5 Å². The summed E-state index contributed by atoms with van der Waals surface area (Å²) in [6.07, 6.45) is 1.42. The molecule has 9 nitrogen and oxygen atoms in total. The van der Waals surface area contributed by atoms with Crippen molar-refractivity contribution in [2.24, 2.45) is 0 Å². The van der Waals surface area contributed by atoms with Gasteiger partial charge in [-0.25, -0.2) is 0 Å². The zero-order valence-corrected chi connectivity index (χ0v) is 14.9. The van der Waals surface area contributed by atoms with Crippen molar-refractivity contribution in [3.05, 3.63) is 56.4 Å². The summed E-state index contributed by atoms with van der Waals surface area (Å²) in [5, 5.41) is 31.6. The summed E-state index contributed by atoms with van der Waals surface area (Å²) in [4.78, 5) is 20.4. The summed E-state index contributed by atoms with van der Waals surface area (Å²) in [5.74, 6) is 0.292. The Hall–Kier alpha value is -2.46. The highest BCUT2D eigenvalue weighted by Gasteiger charge is 2.35. The van der Waals surface area contributed by atoms with Crippen LogP contribution in [-0.2, 0) is 18.1 Å². The minimum atomic E-state index is -0.858. The number of nitrogens with zero attached hydrogens (tertiary/aromatic N) is 2. The molecule has 10 heteroatoms. The number of rotatable bonds is 4. The molecule has 0 fully saturated rings. The largest absolute Gasteiger partial charge is 0.506 e. The van der Waals surface area contributed by atoms with E-state index < -0.39 is 11.0 Å². The molecule has 3 N–H and O–H groups in total. The molecule has 0 aliphatic carbocycles. The van der Waals surface area contributed by atoms with E-state index in [1.807, 2.05) is 0 Å². The van der Waals surface area contributed by atoms with Gasteiger partial charge in [0, 0.05) is 29.0 Å². The van der Waals surface area contributed by atoms with Gasteiger partial charge >= 0.3 is 0 Å². The number of aryl methyl sites for hydroxylation is 1. The Bertz CT molecular complexity index is 845. The number of aromatic hydroxyl groups is 1. The number of aliphatic hydroxyl groups excluding tert-OH is 1. The van der Waals surface area contributed by atoms with Crippen molar-refractivity contribution >= 4 is 18.1 Å². The monoisotopic (exact) mass is 383 g/mol. The molecule has 2 heterocycles. The average Bonchev–Trinajstić information content (AvgIpc) is 2.62. The Morgan fingerprint density at radius 1 is 1.46 bits per heavy atom. The van der Waals surface area contributed by atoms with Crippen LogP contribution in [0, 0.1) is 17.0 Å². The molecule has 0 bridgehead atoms. The molecule has 1 atom stereocenters. The third-order valence-corrected chi connectivity index (χ3v) is 4.23. The molecule has 0 saturated heterocycles. The van der Waals surface area contributed by atoms with Crippen LogP contribution in [0.4, 0.5) is 5.69 Å². The van der Waals surface area contributed by atoms with Crippen molar-refractivity contribution in [1.29, 1.82) is 0 Å². The minimum absolute atomic E-state index is 0. The Morgan fingerprint density at radius 2 is 2.19 bits per heavy atom. The third kappa shape index (κ3) is 3.17. The van der Waals surface area contributed by atoms with Gasteiger partial charge < -0.3 is 14.9 Å². The van der Waals surface area contributed by atoms with Crippen molar-refractivity contribution in [2.45, 2.75) is 26.2 Å². The molecule has 3 rings (SSSR count). The molecular weight excluding hydrogens is 366 g/mol. The van der Waals surface area contributed by atoms with E-state index in [1.54, 1.807) is 6.92 Å². The molecule has 1 aliphatic heterocycles. The quantitative estimate of drug-likeness (QED) is 0.540. The van der Waals surface area contributed by atoms with Gasteiger partial charge in [-0.1, -0.05) is 0 Å². The van der Waals surface area contributed by atoms with Crippen LogP contribution < -0.4 is 10.2 Å². The number of hydrogen-bond donors (Lipinski definition) is 3. The number of nitro benzene ring substituents is 1. The fourth-order valence-electron chi connectivity index (χ4n) is 3.01. The minimum Gasteiger partial charge on any atom is -0.506 e. The molecule has 1 aromatic heterocycles. The molecular formula is C16H18ClN3O6. The normalized spacial score (nSPS) is 15.7. The van der Waals surface area contributed by atoms with Crippen LogP contribution >= 0.6 is 12.4 Å². The van der Waals surface area contributed by atoms with E-state index in [0.29, 0.717) is 28.1 Å². The number of benzene rings is 1. The lowest BCUT2D eigenvalue weighted by atomic mass is 9.89. The maximum Gasteiger partial charge on any atom is 0.275 e. The highest BCUT2D eigenvalue weighted by atomic mass is 35.5. The highest BCUT2D eigenvalue weighted by molar-refractivity contribution is 5.85. The lowest BCUT2D eigenvalue weighted by Crippen LogP contribution is -2.31. The van der Waals surface area contributed by atoms with E-state index in [0.717, 1.165) is 0 Å². The standard InChI is InChI=1S/C16H17N3O6.ClH/c1-8-16(21)13(9(6-20)5-17-8)15-14-10(7-25-18-15)12(24-2)4-3-11(14)19(22)23;/h3-5,15,18,20-21H,6-7H2,1-2H3;1H. The van der Waals surface area contributed by atoms with Gasteiger partial charge in [-0.3, -0.25) is 19.9 Å². The number of aromatic nitrogens is 1. The van der Waals surface area contributed by atoms with E-state index in [1.165, 1.54) is 25.4 Å². The summed E-state index contributed by atoms with van der Waals surface area (Å²) in [5.41, 5.74) is 4.40. The van der Waals surface area contributed by atoms with Gasteiger partial charge in [0.25, 0.3) is 5.69 Å². The van der Waals surface area contributed by atoms with Crippen molar-refractivity contribution in [3.63, 3.8) is 0 Å². The number of ether oxygens (including phenoxy) is 1. The van der Waals surface area contributed by atoms with Crippen molar-refractivity contribution < 1.29 is 24.7 Å². The Balaban J connectivity index is 0.00000243. The van der Waals surface area contributed by atoms with E-state index in [4.69, 9.17) is 9.57 Å². The SMILES string of the molecule is COc1ccc([N+](=O)[O-])c2c1CONC2c1c(CO)cnc(C)c1O.Cl. The zero-order chi connectivity index (χ0) is 18.1. The number of halogens is 1. The van der Waals surface area contributed by atoms with Crippen LogP contribution in [0.2, 0.25) is 0 Å². The summed E-state index contributed by atoms with van der Waals surface area (Å²) >= 11 is 0. The van der Waals surface area contributed by atoms with Crippen LogP contribution in [0.25, 0.3) is 0 Å². The molecule has 0 radical (unpaired) electrons. The van der Waals surface area contributed by atoms with Crippen molar-refractivity contribution in [1.82, 2.24) is 10.5 Å². The van der Waals surface area contributed by atoms with E-state index in [2.05, 4.69) is 10.5 Å². The summed E-state index contributed by atoms with van der Waals surface area (Å²) in [6, 6.07) is 2.00. The molecule has 0 spiro atoms. The van der Waals surface area contributed by atoms with Gasteiger partial charge in [-0.2, -0.15) is 5.48 Å². The van der Waals surface area contributed by atoms with Gasteiger partial charge in [0.05, 0.1) is 42.5 Å². The fraction of sp³-hybridized carbons (Fsp3) is 0.312. The molecule has 0 saturated carbocycles. The molecule has 140 valence electrons. The van der Waals surface area contributed by atoms with Gasteiger partial charge in [-0.15, -0.1) is 12.4 Å². The average molecular weight is 384 g/mol. The van der Waals surface area contributed by atoms with Gasteiger partial charge in [0.15, 0.2) is 0 Å². The maximum atomic E-state index is 11.5. The first-order chi connectivity index (χ1) is 12.0. The fourth-order valence-corrected chi connectivity index (χ4v) is 3.01. The molecule has 1 unspecified atom stereocenters. The van der Waals surface area contributed by atoms with E-state index in [9.17, 15) is 20.3 Å². The second kappa shape index (κ2) is 7.83. The Morgan fingerprint density at radius 3 is 2.81 bits per heavy atom. The molecule has 26 heavy (non-hydrogen) atoms. The van der Waals surface area contributed by atoms with Gasteiger partial charge in [-0.05, 0) is 13.0 Å². The Labute approximate surface area is 155 Å². The molecule has 1 aromatic carbocycles. The predicted octanol–water partition coefficient (Wildman–Crippen LogP) is 2.05. The topological polar surface area (TPSA) is 127 Å². The number of hydroxylamine groups is 1. The predicted molar refractivity (Wildman–Crippen MR) is 93.2 cm³/mol. The van der Waals surface area contributed by atoms with E-state index in [-0.39, 0.29) is 42.6 Å². The van der Waals surface area contributed by atoms with Crippen LogP contribution in [0.15, 0.2) is 18.3 Å². The number of methoxy groups -OCH3 is 1. The van der Waals surface area contributed by atoms with Gasteiger partial charge in [0.2, 0.25) is 0 Å². The number of aliphatic hydroxyl groups is 1. The summed E-state index contributed by atoms with van der Waals surface area (Å²) in [6.45, 7) is 1.28. The molecule has 0 amide bonds. The highest BCUT2D eigenvalue weighted by Crippen LogP contribution is 2.43. The summed E-state index contributed by atoms with van der Waals surface area (Å²) < 4.78 is 5.29. The first kappa shape index (κ1) is 19.9. The van der Waals surface area contributed by atoms with Crippen molar-refractivity contribution in [3.8, 4) is 11.5 Å². The van der Waals surface area contributed by atoms with Crippen molar-refractivity contribution in [2.75, 3.05) is 7.11 Å². The second-order valence-electron chi connectivity index (χ2n) is 5.57. The number of nitrogens with one attached hydrogen (secondary N) is 1. The first-order valence-corrected chi connectivity index (χ1v) is 7.49. The third-order valence-electron chi connectivity index (χ3n) is 4.23. The zero-order valence-electron chi connectivity index (χ0n) is 14.1. The number of fused-ring (bicyclic) bond motifs is 1.